The van der Waals surface area contributed by atoms with Gasteiger partial charge >= 0.3 is 0 Å². The van der Waals surface area contributed by atoms with E-state index in [1.54, 1.807) is 12.3 Å². The predicted octanol–water partition coefficient (Wildman–Crippen LogP) is 0.925. The second-order valence-electron chi connectivity index (χ2n) is 4.59. The van der Waals surface area contributed by atoms with Crippen LogP contribution in [-0.2, 0) is 6.42 Å². The molecule has 102 valence electrons. The number of carbonyl (C=O) groups is 1. The lowest BCUT2D eigenvalue weighted by atomic mass is 10.0. The number of amides is 1. The van der Waals surface area contributed by atoms with Gasteiger partial charge in [-0.2, -0.15) is 0 Å². The molecule has 1 unspecified atom stereocenters. The first-order valence-electron chi connectivity index (χ1n) is 6.13. The van der Waals surface area contributed by atoms with Gasteiger partial charge in [-0.05, 0) is 19.9 Å². The van der Waals surface area contributed by atoms with E-state index in [4.69, 9.17) is 5.73 Å². The number of thiazole rings is 1. The van der Waals surface area contributed by atoms with Gasteiger partial charge in [0.15, 0.2) is 0 Å². The summed E-state index contributed by atoms with van der Waals surface area (Å²) >= 11 is 1.43. The van der Waals surface area contributed by atoms with Gasteiger partial charge in [-0.3, -0.25) is 4.79 Å². The Morgan fingerprint density at radius 1 is 1.67 bits per heavy atom. The Balaban J connectivity index is 2.49. The summed E-state index contributed by atoms with van der Waals surface area (Å²) in [6, 6.07) is 0. The normalized spacial score (nSPS) is 14.2. The molecule has 1 rings (SSSR count). The molecule has 6 heteroatoms. The van der Waals surface area contributed by atoms with Gasteiger partial charge < -0.3 is 16.2 Å². The maximum Gasteiger partial charge on any atom is 0.270 e. The number of carbonyl (C=O) groups excluding carboxylic acids is 1. The Hall–Kier alpha value is -0.980. The predicted molar refractivity (Wildman–Crippen MR) is 72.7 cm³/mol. The molecule has 0 fully saturated rings. The highest BCUT2D eigenvalue weighted by Crippen LogP contribution is 2.12. The molecule has 1 amide bonds. The summed E-state index contributed by atoms with van der Waals surface area (Å²) in [4.78, 5) is 16.0. The molecule has 0 bridgehead atoms. The highest BCUT2D eigenvalue weighted by molar-refractivity contribution is 7.09. The van der Waals surface area contributed by atoms with E-state index in [9.17, 15) is 9.90 Å². The van der Waals surface area contributed by atoms with Crippen LogP contribution in [0.3, 0.4) is 0 Å². The van der Waals surface area contributed by atoms with Gasteiger partial charge in [-0.15, -0.1) is 11.3 Å². The first kappa shape index (κ1) is 15.1. The van der Waals surface area contributed by atoms with Crippen molar-refractivity contribution >= 4 is 17.2 Å². The maximum absolute atomic E-state index is 11.8. The maximum atomic E-state index is 11.8. The highest BCUT2D eigenvalue weighted by atomic mass is 32.1. The number of nitrogens with one attached hydrogen (secondary N) is 1. The molecule has 4 N–H and O–H groups in total. The lowest BCUT2D eigenvalue weighted by Gasteiger charge is -2.22. The average molecular weight is 271 g/mol. The Morgan fingerprint density at radius 2 is 2.39 bits per heavy atom. The van der Waals surface area contributed by atoms with Crippen molar-refractivity contribution in [2.75, 3.05) is 13.1 Å². The summed E-state index contributed by atoms with van der Waals surface area (Å²) in [5, 5.41) is 15.2. The standard InChI is InChI=1S/C12H21N3O2S/c1-3-5-12(2,17)8-14-11(16)9-7-18-10(15-9)4-6-13/h7,17H,3-6,8,13H2,1-2H3,(H,14,16). The molecule has 0 saturated heterocycles. The van der Waals surface area contributed by atoms with Crippen LogP contribution in [0.4, 0.5) is 0 Å². The van der Waals surface area contributed by atoms with Crippen LogP contribution >= 0.6 is 11.3 Å². The van der Waals surface area contributed by atoms with Gasteiger partial charge in [0, 0.05) is 18.3 Å². The summed E-state index contributed by atoms with van der Waals surface area (Å²) < 4.78 is 0. The third-order valence-corrected chi connectivity index (χ3v) is 3.47. The van der Waals surface area contributed by atoms with E-state index in [1.165, 1.54) is 11.3 Å². The Labute approximate surface area is 111 Å². The van der Waals surface area contributed by atoms with Crippen LogP contribution in [0.25, 0.3) is 0 Å². The van der Waals surface area contributed by atoms with Crippen molar-refractivity contribution in [3.63, 3.8) is 0 Å². The second-order valence-corrected chi connectivity index (χ2v) is 5.54. The average Bonchev–Trinajstić information content (AvgIpc) is 2.75. The number of rotatable bonds is 7. The molecule has 1 aromatic rings. The minimum Gasteiger partial charge on any atom is -0.388 e. The van der Waals surface area contributed by atoms with Crippen molar-refractivity contribution < 1.29 is 9.90 Å². The largest absolute Gasteiger partial charge is 0.388 e. The lowest BCUT2D eigenvalue weighted by Crippen LogP contribution is -2.40. The Kier molecular flexibility index (Phi) is 5.71. The van der Waals surface area contributed by atoms with Crippen LogP contribution in [0.5, 0.6) is 0 Å². The molecule has 1 atom stereocenters. The smallest absolute Gasteiger partial charge is 0.270 e. The van der Waals surface area contributed by atoms with Crippen molar-refractivity contribution in [1.82, 2.24) is 10.3 Å². The molecule has 1 aromatic heterocycles. The summed E-state index contributed by atoms with van der Waals surface area (Å²) in [6.07, 6.45) is 2.22. The number of nitrogens with two attached hydrogens (primary N) is 1. The van der Waals surface area contributed by atoms with Gasteiger partial charge in [0.1, 0.15) is 5.69 Å². The molecule has 18 heavy (non-hydrogen) atoms. The molecule has 0 aliphatic carbocycles. The van der Waals surface area contributed by atoms with Crippen molar-refractivity contribution in [1.29, 1.82) is 0 Å². The SMILES string of the molecule is CCCC(C)(O)CNC(=O)c1csc(CCN)n1. The van der Waals surface area contributed by atoms with Gasteiger partial charge in [-0.25, -0.2) is 4.98 Å². The highest BCUT2D eigenvalue weighted by Gasteiger charge is 2.21. The minimum atomic E-state index is -0.861. The van der Waals surface area contributed by atoms with Crippen molar-refractivity contribution in [2.24, 2.45) is 5.73 Å². The number of hydrogen-bond donors (Lipinski definition) is 3. The summed E-state index contributed by atoms with van der Waals surface area (Å²) in [7, 11) is 0. The molecule has 0 aromatic carbocycles. The molecule has 0 aliphatic heterocycles. The number of hydrogen-bond acceptors (Lipinski definition) is 5. The fraction of sp³-hybridized carbons (Fsp3) is 0.667. The summed E-state index contributed by atoms with van der Waals surface area (Å²) in [5.74, 6) is -0.245. The van der Waals surface area contributed by atoms with E-state index in [0.717, 1.165) is 11.4 Å². The van der Waals surface area contributed by atoms with Crippen LogP contribution in [-0.4, -0.2) is 34.7 Å². The fourth-order valence-electron chi connectivity index (χ4n) is 1.64. The van der Waals surface area contributed by atoms with E-state index in [1.807, 2.05) is 6.92 Å². The number of nitrogens with zero attached hydrogens (tertiary/aromatic N) is 1. The zero-order valence-electron chi connectivity index (χ0n) is 10.9. The van der Waals surface area contributed by atoms with Gasteiger partial charge in [0.05, 0.1) is 10.6 Å². The lowest BCUT2D eigenvalue weighted by molar-refractivity contribution is 0.0468. The van der Waals surface area contributed by atoms with Gasteiger partial charge in [0.25, 0.3) is 5.91 Å². The topological polar surface area (TPSA) is 88.2 Å². The Bertz CT molecular complexity index is 390. The summed E-state index contributed by atoms with van der Waals surface area (Å²) in [6.45, 7) is 4.48. The van der Waals surface area contributed by atoms with E-state index >= 15 is 0 Å². The van der Waals surface area contributed by atoms with Gasteiger partial charge in [0.2, 0.25) is 0 Å². The second kappa shape index (κ2) is 6.82. The molecule has 0 aliphatic rings. The van der Waals surface area contributed by atoms with Crippen LogP contribution in [0.1, 0.15) is 42.2 Å². The van der Waals surface area contributed by atoms with E-state index in [0.29, 0.717) is 25.1 Å². The number of aromatic nitrogens is 1. The van der Waals surface area contributed by atoms with Crippen LogP contribution in [0, 0.1) is 0 Å². The molecular weight excluding hydrogens is 250 g/mol. The minimum absolute atomic E-state index is 0.240. The van der Waals surface area contributed by atoms with Crippen molar-refractivity contribution in [3.05, 3.63) is 16.1 Å². The molecule has 0 spiro atoms. The number of aliphatic hydroxyl groups is 1. The third-order valence-electron chi connectivity index (χ3n) is 2.56. The summed E-state index contributed by atoms with van der Waals surface area (Å²) in [5.41, 5.74) is 4.97. The zero-order chi connectivity index (χ0) is 13.6. The van der Waals surface area contributed by atoms with E-state index in [2.05, 4.69) is 10.3 Å². The third kappa shape index (κ3) is 4.72. The van der Waals surface area contributed by atoms with E-state index in [-0.39, 0.29) is 12.5 Å². The Morgan fingerprint density at radius 3 is 3.00 bits per heavy atom. The monoisotopic (exact) mass is 271 g/mol. The zero-order valence-corrected chi connectivity index (χ0v) is 11.7. The van der Waals surface area contributed by atoms with Crippen LogP contribution in [0.15, 0.2) is 5.38 Å². The molecule has 0 saturated carbocycles. The molecule has 5 nitrogen and oxygen atoms in total. The quantitative estimate of drug-likeness (QED) is 0.688. The van der Waals surface area contributed by atoms with Gasteiger partial charge in [-0.1, -0.05) is 13.3 Å². The first-order valence-corrected chi connectivity index (χ1v) is 7.01. The molecule has 0 radical (unpaired) electrons. The molecule has 1 heterocycles. The van der Waals surface area contributed by atoms with Crippen LogP contribution in [0.2, 0.25) is 0 Å². The van der Waals surface area contributed by atoms with Crippen molar-refractivity contribution in [2.45, 2.75) is 38.7 Å². The first-order chi connectivity index (χ1) is 8.48. The van der Waals surface area contributed by atoms with Crippen LogP contribution < -0.4 is 11.1 Å². The van der Waals surface area contributed by atoms with E-state index < -0.39 is 5.60 Å². The molecular formula is C12H21N3O2S. The van der Waals surface area contributed by atoms with Crippen molar-refractivity contribution in [3.8, 4) is 0 Å². The fourth-order valence-corrected chi connectivity index (χ4v) is 2.44.